The first-order valence-electron chi connectivity index (χ1n) is 8.69. The van der Waals surface area contributed by atoms with Crippen LogP contribution in [0, 0.1) is 5.82 Å². The maximum absolute atomic E-state index is 13.1. The molecule has 0 radical (unpaired) electrons. The number of carbonyl (C=O) groups is 1. The summed E-state index contributed by atoms with van der Waals surface area (Å²) < 4.78 is 37.3. The van der Waals surface area contributed by atoms with E-state index < -0.39 is 15.7 Å². The number of hydrogen-bond acceptors (Lipinski definition) is 4. The van der Waals surface area contributed by atoms with Crippen LogP contribution in [-0.2, 0) is 21.1 Å². The summed E-state index contributed by atoms with van der Waals surface area (Å²) >= 11 is 13.6. The average molecular weight is 473 g/mol. The maximum Gasteiger partial charge on any atom is 0.252 e. The molecule has 2 aliphatic heterocycles. The van der Waals surface area contributed by atoms with Gasteiger partial charge >= 0.3 is 0 Å². The van der Waals surface area contributed by atoms with Crippen molar-refractivity contribution in [2.75, 3.05) is 16.4 Å². The van der Waals surface area contributed by atoms with Gasteiger partial charge in [0, 0.05) is 10.3 Å². The van der Waals surface area contributed by atoms with Crippen LogP contribution in [-0.4, -0.2) is 42.3 Å². The second kappa shape index (κ2) is 7.91. The van der Waals surface area contributed by atoms with Crippen molar-refractivity contribution in [2.24, 2.45) is 4.99 Å². The van der Waals surface area contributed by atoms with Crippen molar-refractivity contribution in [2.45, 2.75) is 17.7 Å². The van der Waals surface area contributed by atoms with Crippen LogP contribution in [0.4, 0.5) is 10.1 Å². The van der Waals surface area contributed by atoms with Crippen molar-refractivity contribution in [3.8, 4) is 0 Å². The van der Waals surface area contributed by atoms with E-state index in [0.29, 0.717) is 26.5 Å². The third-order valence-corrected chi connectivity index (χ3v) is 8.47. The number of halogens is 3. The minimum absolute atomic E-state index is 0.0140. The fourth-order valence-electron chi connectivity index (χ4n) is 3.45. The van der Waals surface area contributed by atoms with Crippen molar-refractivity contribution < 1.29 is 17.6 Å². The van der Waals surface area contributed by atoms with E-state index >= 15 is 0 Å². The number of rotatable bonds is 3. The average Bonchev–Trinajstić information content (AvgIpc) is 3.08. The molecule has 152 valence electrons. The zero-order valence-electron chi connectivity index (χ0n) is 14.9. The standard InChI is InChI=1S/C19H15Cl2FN2O3S2/c20-12-3-6-15(14(21)8-12)24-16-9-29(26,27)10-17(16)28-19(24)23-18(25)7-11-1-4-13(22)5-2-11/h1-6,8,16-17H,7,9-10H2/t16-,17+/m1/s1. The van der Waals surface area contributed by atoms with Gasteiger partial charge in [0.15, 0.2) is 15.0 Å². The van der Waals surface area contributed by atoms with E-state index in [4.69, 9.17) is 23.2 Å². The summed E-state index contributed by atoms with van der Waals surface area (Å²) in [6, 6.07) is 10.2. The second-order valence-corrected chi connectivity index (χ2v) is 11.1. The normalized spacial score (nSPS) is 24.1. The first-order valence-corrected chi connectivity index (χ1v) is 12.1. The molecule has 2 saturated heterocycles. The first-order chi connectivity index (χ1) is 13.7. The van der Waals surface area contributed by atoms with E-state index in [2.05, 4.69) is 4.99 Å². The Bertz CT molecular complexity index is 1110. The van der Waals surface area contributed by atoms with Gasteiger partial charge in [-0.1, -0.05) is 47.1 Å². The van der Waals surface area contributed by atoms with Crippen LogP contribution < -0.4 is 4.90 Å². The topological polar surface area (TPSA) is 66.8 Å². The molecule has 0 spiro atoms. The molecule has 0 N–H and O–H groups in total. The Hall–Kier alpha value is -1.61. The fourth-order valence-corrected chi connectivity index (χ4v) is 7.87. The van der Waals surface area contributed by atoms with Crippen molar-refractivity contribution in [3.05, 3.63) is 63.9 Å². The summed E-state index contributed by atoms with van der Waals surface area (Å²) in [6.45, 7) is 0. The summed E-state index contributed by atoms with van der Waals surface area (Å²) in [4.78, 5) is 18.5. The van der Waals surface area contributed by atoms with Gasteiger partial charge in [0.1, 0.15) is 5.82 Å². The highest BCUT2D eigenvalue weighted by atomic mass is 35.5. The van der Waals surface area contributed by atoms with Crippen molar-refractivity contribution in [1.29, 1.82) is 0 Å². The molecule has 29 heavy (non-hydrogen) atoms. The molecule has 2 atom stereocenters. The molecule has 0 bridgehead atoms. The zero-order chi connectivity index (χ0) is 20.8. The number of sulfone groups is 1. The van der Waals surface area contributed by atoms with Gasteiger partial charge in [-0.25, -0.2) is 12.8 Å². The summed E-state index contributed by atoms with van der Waals surface area (Å²) in [7, 11) is -3.18. The van der Waals surface area contributed by atoms with E-state index in [1.807, 2.05) is 0 Å². The Balaban J connectivity index is 1.66. The van der Waals surface area contributed by atoms with E-state index in [1.165, 1.54) is 36.0 Å². The lowest BCUT2D eigenvalue weighted by molar-refractivity contribution is -0.117. The van der Waals surface area contributed by atoms with Crippen LogP contribution in [0.1, 0.15) is 5.56 Å². The lowest BCUT2D eigenvalue weighted by Gasteiger charge is -2.25. The summed E-state index contributed by atoms with van der Waals surface area (Å²) in [5.41, 5.74) is 1.20. The van der Waals surface area contributed by atoms with Crippen molar-refractivity contribution in [3.63, 3.8) is 0 Å². The molecule has 4 rings (SSSR count). The van der Waals surface area contributed by atoms with Crippen LogP contribution in [0.3, 0.4) is 0 Å². The Kier molecular flexibility index (Phi) is 5.63. The predicted octanol–water partition coefficient (Wildman–Crippen LogP) is 3.98. The Morgan fingerprint density at radius 3 is 2.59 bits per heavy atom. The smallest absolute Gasteiger partial charge is 0.252 e. The Morgan fingerprint density at radius 1 is 1.17 bits per heavy atom. The summed E-state index contributed by atoms with van der Waals surface area (Å²) in [5.74, 6) is -0.794. The highest BCUT2D eigenvalue weighted by molar-refractivity contribution is 8.16. The maximum atomic E-state index is 13.1. The van der Waals surface area contributed by atoms with E-state index in [0.717, 1.165) is 0 Å². The number of carbonyl (C=O) groups excluding carboxylic acids is 1. The highest BCUT2D eigenvalue weighted by Gasteiger charge is 2.49. The highest BCUT2D eigenvalue weighted by Crippen LogP contribution is 2.43. The van der Waals surface area contributed by atoms with Crippen LogP contribution >= 0.6 is 35.0 Å². The minimum Gasteiger partial charge on any atom is -0.314 e. The molecule has 0 aliphatic carbocycles. The third-order valence-electron chi connectivity index (χ3n) is 4.72. The molecule has 5 nitrogen and oxygen atoms in total. The van der Waals surface area contributed by atoms with E-state index in [9.17, 15) is 17.6 Å². The minimum atomic E-state index is -3.18. The number of amides is 1. The van der Waals surface area contributed by atoms with Crippen molar-refractivity contribution >= 4 is 61.6 Å². The number of amidine groups is 1. The van der Waals surface area contributed by atoms with E-state index in [1.54, 1.807) is 23.1 Å². The van der Waals surface area contributed by atoms with Crippen LogP contribution in [0.25, 0.3) is 0 Å². The molecule has 2 heterocycles. The molecule has 2 aliphatic rings. The Morgan fingerprint density at radius 2 is 1.90 bits per heavy atom. The van der Waals surface area contributed by atoms with Gasteiger partial charge in [-0.05, 0) is 35.9 Å². The van der Waals surface area contributed by atoms with Gasteiger partial charge in [0.05, 0.1) is 34.7 Å². The number of benzene rings is 2. The molecular formula is C19H15Cl2FN2O3S2. The number of hydrogen-bond donors (Lipinski definition) is 0. The number of thioether (sulfide) groups is 1. The van der Waals surface area contributed by atoms with Gasteiger partial charge < -0.3 is 4.90 Å². The second-order valence-electron chi connectivity index (χ2n) is 6.86. The van der Waals surface area contributed by atoms with Gasteiger partial charge in [-0.15, -0.1) is 0 Å². The summed E-state index contributed by atoms with van der Waals surface area (Å²) in [6.07, 6.45) is 0.0140. The van der Waals surface area contributed by atoms with E-state index in [-0.39, 0.29) is 35.0 Å². The number of fused-ring (bicyclic) bond motifs is 1. The SMILES string of the molecule is O=C(Cc1ccc(F)cc1)N=C1S[C@H]2CS(=O)(=O)C[C@H]2N1c1ccc(Cl)cc1Cl. The number of aliphatic imine (C=N–C) groups is 1. The molecule has 10 heteroatoms. The molecule has 2 aromatic carbocycles. The Labute approximate surface area is 181 Å². The van der Waals surface area contributed by atoms with Gasteiger partial charge in [0.2, 0.25) is 0 Å². The fraction of sp³-hybridized carbons (Fsp3) is 0.263. The molecule has 2 fully saturated rings. The molecular weight excluding hydrogens is 458 g/mol. The number of anilines is 1. The van der Waals surface area contributed by atoms with Crippen LogP contribution in [0.15, 0.2) is 47.5 Å². The quantitative estimate of drug-likeness (QED) is 0.675. The molecule has 1 amide bonds. The largest absolute Gasteiger partial charge is 0.314 e. The van der Waals surface area contributed by atoms with Gasteiger partial charge in [-0.3, -0.25) is 4.79 Å². The lowest BCUT2D eigenvalue weighted by Crippen LogP contribution is -2.38. The molecule has 0 aromatic heterocycles. The third kappa shape index (κ3) is 4.45. The van der Waals surface area contributed by atoms with Gasteiger partial charge in [-0.2, -0.15) is 4.99 Å². The molecule has 0 saturated carbocycles. The first kappa shape index (κ1) is 20.7. The van der Waals surface area contributed by atoms with Crippen molar-refractivity contribution in [1.82, 2.24) is 0 Å². The zero-order valence-corrected chi connectivity index (χ0v) is 18.0. The monoisotopic (exact) mass is 472 g/mol. The van der Waals surface area contributed by atoms with Crippen LogP contribution in [0.5, 0.6) is 0 Å². The summed E-state index contributed by atoms with van der Waals surface area (Å²) in [5, 5.41) is 0.976. The lowest BCUT2D eigenvalue weighted by atomic mass is 10.1. The van der Waals surface area contributed by atoms with Gasteiger partial charge in [0.25, 0.3) is 5.91 Å². The molecule has 0 unspecified atom stereocenters. The predicted molar refractivity (Wildman–Crippen MR) is 115 cm³/mol. The van der Waals surface area contributed by atoms with Crippen LogP contribution in [0.2, 0.25) is 10.0 Å². The number of nitrogens with zero attached hydrogens (tertiary/aromatic N) is 2. The molecule has 2 aromatic rings.